The van der Waals surface area contributed by atoms with Crippen LogP contribution >= 0.6 is 0 Å². The van der Waals surface area contributed by atoms with Crippen LogP contribution in [0.3, 0.4) is 0 Å². The fraction of sp³-hybridized carbons (Fsp3) is 0.462. The molecule has 1 aromatic carbocycles. The van der Waals surface area contributed by atoms with E-state index in [1.807, 2.05) is 30.3 Å². The molecule has 4 nitrogen and oxygen atoms in total. The molecule has 1 aliphatic rings. The van der Waals surface area contributed by atoms with Gasteiger partial charge in [0, 0.05) is 24.4 Å². The average molecular weight is 232 g/mol. The highest BCUT2D eigenvalue weighted by molar-refractivity contribution is 5.49. The second-order valence-corrected chi connectivity index (χ2v) is 4.03. The van der Waals surface area contributed by atoms with Crippen LogP contribution in [0.25, 0.3) is 0 Å². The lowest BCUT2D eigenvalue weighted by Gasteiger charge is -2.24. The summed E-state index contributed by atoms with van der Waals surface area (Å²) in [5.41, 5.74) is 1.01. The van der Waals surface area contributed by atoms with Gasteiger partial charge in [-0.1, -0.05) is 6.07 Å². The first-order valence-electron chi connectivity index (χ1n) is 5.82. The highest BCUT2D eigenvalue weighted by atomic mass is 16.5. The van der Waals surface area contributed by atoms with Crippen LogP contribution in [-0.2, 0) is 4.74 Å². The summed E-state index contributed by atoms with van der Waals surface area (Å²) in [6.45, 7) is 1.70. The first-order valence-corrected chi connectivity index (χ1v) is 5.82. The molecule has 4 heteroatoms. The normalized spacial score (nSPS) is 19.4. The third kappa shape index (κ3) is 3.65. The number of nitrogens with zero attached hydrogens (tertiary/aromatic N) is 1. The fourth-order valence-corrected chi connectivity index (χ4v) is 1.88. The second kappa shape index (κ2) is 6.12. The monoisotopic (exact) mass is 232 g/mol. The van der Waals surface area contributed by atoms with Crippen molar-refractivity contribution in [1.29, 1.82) is 5.26 Å². The van der Waals surface area contributed by atoms with Crippen molar-refractivity contribution in [1.82, 2.24) is 0 Å². The molecule has 0 aromatic heterocycles. The summed E-state index contributed by atoms with van der Waals surface area (Å²) in [7, 11) is 0. The summed E-state index contributed by atoms with van der Waals surface area (Å²) in [5, 5.41) is 11.9. The minimum atomic E-state index is 0.0794. The molecular weight excluding hydrogens is 216 g/mol. The molecule has 2 rings (SSSR count). The molecule has 1 N–H and O–H groups in total. The minimum absolute atomic E-state index is 0.0794. The molecule has 1 aromatic rings. The maximum atomic E-state index is 8.45. The third-order valence-electron chi connectivity index (χ3n) is 2.67. The maximum Gasteiger partial charge on any atom is 0.174 e. The fourth-order valence-electron chi connectivity index (χ4n) is 1.88. The Morgan fingerprint density at radius 3 is 3.24 bits per heavy atom. The molecular formula is C13H16N2O2. The van der Waals surface area contributed by atoms with Crippen molar-refractivity contribution < 1.29 is 9.47 Å². The van der Waals surface area contributed by atoms with E-state index >= 15 is 0 Å². The van der Waals surface area contributed by atoms with E-state index < -0.39 is 0 Å². The predicted octanol–water partition coefficient (Wildman–Crippen LogP) is 2.18. The van der Waals surface area contributed by atoms with Gasteiger partial charge in [-0.2, -0.15) is 5.26 Å². The van der Waals surface area contributed by atoms with E-state index in [0.29, 0.717) is 11.8 Å². The van der Waals surface area contributed by atoms with Crippen LogP contribution in [0.4, 0.5) is 5.69 Å². The Kier molecular flexibility index (Phi) is 4.23. The molecule has 90 valence electrons. The molecule has 1 aliphatic heterocycles. The minimum Gasteiger partial charge on any atom is -0.479 e. The van der Waals surface area contributed by atoms with E-state index in [4.69, 9.17) is 14.7 Å². The smallest absolute Gasteiger partial charge is 0.174 e. The van der Waals surface area contributed by atoms with Crippen LogP contribution in [0.2, 0.25) is 0 Å². The van der Waals surface area contributed by atoms with Crippen LogP contribution in [-0.4, -0.2) is 25.9 Å². The van der Waals surface area contributed by atoms with E-state index in [0.717, 1.165) is 31.7 Å². The number of nitrogens with one attached hydrogen (secondary N) is 1. The van der Waals surface area contributed by atoms with E-state index in [-0.39, 0.29) is 6.61 Å². The largest absolute Gasteiger partial charge is 0.479 e. The van der Waals surface area contributed by atoms with Crippen LogP contribution in [0.1, 0.15) is 12.8 Å². The first kappa shape index (κ1) is 11.7. The lowest BCUT2D eigenvalue weighted by Crippen LogP contribution is -2.29. The standard InChI is InChI=1S/C13H16N2O2/c14-6-8-17-13-5-1-3-11(9-13)15-12-4-2-7-16-10-12/h1,3,5,9,12,15H,2,4,7-8,10H2. The molecule has 0 bridgehead atoms. The summed E-state index contributed by atoms with van der Waals surface area (Å²) >= 11 is 0. The molecule has 17 heavy (non-hydrogen) atoms. The molecule has 0 radical (unpaired) electrons. The molecule has 0 saturated carbocycles. The summed E-state index contributed by atoms with van der Waals surface area (Å²) in [6.07, 6.45) is 2.23. The zero-order valence-corrected chi connectivity index (χ0v) is 9.69. The van der Waals surface area contributed by atoms with Crippen molar-refractivity contribution in [2.24, 2.45) is 0 Å². The van der Waals surface area contributed by atoms with Crippen molar-refractivity contribution >= 4 is 5.69 Å². The summed E-state index contributed by atoms with van der Waals surface area (Å²) in [5.74, 6) is 0.716. The molecule has 1 atom stereocenters. The van der Waals surface area contributed by atoms with Gasteiger partial charge < -0.3 is 14.8 Å². The maximum absolute atomic E-state index is 8.45. The Morgan fingerprint density at radius 2 is 2.47 bits per heavy atom. The Balaban J connectivity index is 1.93. The number of rotatable bonds is 4. The molecule has 0 aliphatic carbocycles. The van der Waals surface area contributed by atoms with Crippen molar-refractivity contribution in [3.8, 4) is 11.8 Å². The highest BCUT2D eigenvalue weighted by Gasteiger charge is 2.13. The van der Waals surface area contributed by atoms with Crippen molar-refractivity contribution in [3.05, 3.63) is 24.3 Å². The number of hydrogen-bond donors (Lipinski definition) is 1. The molecule has 0 spiro atoms. The summed E-state index contributed by atoms with van der Waals surface area (Å²) < 4.78 is 10.7. The van der Waals surface area contributed by atoms with Crippen LogP contribution in [0, 0.1) is 11.3 Å². The van der Waals surface area contributed by atoms with Gasteiger partial charge in [-0.15, -0.1) is 0 Å². The van der Waals surface area contributed by atoms with E-state index in [1.54, 1.807) is 0 Å². The van der Waals surface area contributed by atoms with E-state index in [1.165, 1.54) is 0 Å². The van der Waals surface area contributed by atoms with Gasteiger partial charge in [-0.25, -0.2) is 0 Å². The van der Waals surface area contributed by atoms with Gasteiger partial charge in [0.05, 0.1) is 6.61 Å². The van der Waals surface area contributed by atoms with Gasteiger partial charge in [0.2, 0.25) is 0 Å². The van der Waals surface area contributed by atoms with Crippen molar-refractivity contribution in [3.63, 3.8) is 0 Å². The van der Waals surface area contributed by atoms with Crippen LogP contribution < -0.4 is 10.1 Å². The van der Waals surface area contributed by atoms with Crippen LogP contribution in [0.15, 0.2) is 24.3 Å². The number of nitriles is 1. The van der Waals surface area contributed by atoms with Gasteiger partial charge in [-0.3, -0.25) is 0 Å². The Morgan fingerprint density at radius 1 is 1.53 bits per heavy atom. The zero-order chi connectivity index (χ0) is 11.9. The number of hydrogen-bond acceptors (Lipinski definition) is 4. The first-order chi connectivity index (χ1) is 8.38. The lowest BCUT2D eigenvalue weighted by atomic mass is 10.1. The molecule has 1 fully saturated rings. The topological polar surface area (TPSA) is 54.3 Å². The highest BCUT2D eigenvalue weighted by Crippen LogP contribution is 2.19. The molecule has 1 saturated heterocycles. The zero-order valence-electron chi connectivity index (χ0n) is 9.69. The molecule has 1 unspecified atom stereocenters. The van der Waals surface area contributed by atoms with E-state index in [9.17, 15) is 0 Å². The number of anilines is 1. The van der Waals surface area contributed by atoms with Gasteiger partial charge in [0.1, 0.15) is 11.8 Å². The van der Waals surface area contributed by atoms with Gasteiger partial charge in [0.15, 0.2) is 6.61 Å². The Hall–Kier alpha value is -1.73. The Bertz CT molecular complexity index is 395. The predicted molar refractivity (Wildman–Crippen MR) is 65.0 cm³/mol. The van der Waals surface area contributed by atoms with Crippen LogP contribution in [0.5, 0.6) is 5.75 Å². The SMILES string of the molecule is N#CCOc1cccc(NC2CCCOC2)c1. The third-order valence-corrected chi connectivity index (χ3v) is 2.67. The quantitative estimate of drug-likeness (QED) is 0.864. The summed E-state index contributed by atoms with van der Waals surface area (Å²) in [4.78, 5) is 0. The Labute approximate surface area is 101 Å². The van der Waals surface area contributed by atoms with Gasteiger partial charge >= 0.3 is 0 Å². The van der Waals surface area contributed by atoms with Crippen molar-refractivity contribution in [2.45, 2.75) is 18.9 Å². The number of benzene rings is 1. The number of ether oxygens (including phenoxy) is 2. The van der Waals surface area contributed by atoms with Crippen molar-refractivity contribution in [2.75, 3.05) is 25.1 Å². The average Bonchev–Trinajstić information content (AvgIpc) is 2.38. The second-order valence-electron chi connectivity index (χ2n) is 4.03. The lowest BCUT2D eigenvalue weighted by molar-refractivity contribution is 0.0876. The van der Waals surface area contributed by atoms with E-state index in [2.05, 4.69) is 5.32 Å². The van der Waals surface area contributed by atoms with Gasteiger partial charge in [0.25, 0.3) is 0 Å². The molecule has 1 heterocycles. The van der Waals surface area contributed by atoms with Gasteiger partial charge in [-0.05, 0) is 25.0 Å². The summed E-state index contributed by atoms with van der Waals surface area (Å²) in [6, 6.07) is 9.99. The molecule has 0 amide bonds.